The van der Waals surface area contributed by atoms with Gasteiger partial charge in [0.25, 0.3) is 0 Å². The number of rotatable bonds is 7. The summed E-state index contributed by atoms with van der Waals surface area (Å²) in [6.07, 6.45) is 2.07. The molecule has 1 aromatic heterocycles. The van der Waals surface area contributed by atoms with Crippen LogP contribution in [0.4, 0.5) is 0 Å². The second kappa shape index (κ2) is 6.62. The first-order chi connectivity index (χ1) is 9.93. The number of fused-ring (bicyclic) bond motifs is 1. The quantitative estimate of drug-likeness (QED) is 0.855. The highest BCUT2D eigenvalue weighted by Gasteiger charge is 2.12. The normalized spacial score (nSPS) is 12.4. The highest BCUT2D eigenvalue weighted by molar-refractivity contribution is 7.91. The van der Waals surface area contributed by atoms with Gasteiger partial charge in [-0.15, -0.1) is 0 Å². The van der Waals surface area contributed by atoms with Crippen molar-refractivity contribution in [2.24, 2.45) is 0 Å². The smallest absolute Gasteiger partial charge is 0.151 e. The Morgan fingerprint density at radius 2 is 1.95 bits per heavy atom. The SMILES string of the molecule is CCS(=O)(=O)CCn1cc(CNC(C)C)c2ccccc21. The number of nitrogens with zero attached hydrogens (tertiary/aromatic N) is 1. The van der Waals surface area contributed by atoms with Gasteiger partial charge in [-0.2, -0.15) is 0 Å². The Bertz CT molecular complexity index is 702. The van der Waals surface area contributed by atoms with Gasteiger partial charge in [-0.1, -0.05) is 39.0 Å². The number of aryl methyl sites for hydroxylation is 1. The molecule has 5 heteroatoms. The Morgan fingerprint density at radius 3 is 2.62 bits per heavy atom. The number of hydrogen-bond donors (Lipinski definition) is 1. The molecule has 0 aliphatic carbocycles. The highest BCUT2D eigenvalue weighted by atomic mass is 32.2. The van der Waals surface area contributed by atoms with Gasteiger partial charge in [-0.3, -0.25) is 0 Å². The molecule has 21 heavy (non-hydrogen) atoms. The van der Waals surface area contributed by atoms with Gasteiger partial charge in [0.15, 0.2) is 9.84 Å². The van der Waals surface area contributed by atoms with Crippen LogP contribution in [0, 0.1) is 0 Å². The fraction of sp³-hybridized carbons (Fsp3) is 0.500. The highest BCUT2D eigenvalue weighted by Crippen LogP contribution is 2.21. The zero-order valence-corrected chi connectivity index (χ0v) is 13.8. The molecule has 0 spiro atoms. The number of aromatic nitrogens is 1. The molecule has 0 aliphatic rings. The average molecular weight is 308 g/mol. The molecule has 0 atom stereocenters. The number of benzene rings is 1. The lowest BCUT2D eigenvalue weighted by Gasteiger charge is -2.06. The summed E-state index contributed by atoms with van der Waals surface area (Å²) in [6.45, 7) is 7.24. The monoisotopic (exact) mass is 308 g/mol. The summed E-state index contributed by atoms with van der Waals surface area (Å²) in [4.78, 5) is 0. The molecule has 2 rings (SSSR count). The van der Waals surface area contributed by atoms with Crippen LogP contribution in [-0.4, -0.2) is 30.5 Å². The Kier molecular flexibility index (Phi) is 5.06. The van der Waals surface area contributed by atoms with Crippen molar-refractivity contribution in [2.75, 3.05) is 11.5 Å². The van der Waals surface area contributed by atoms with Crippen LogP contribution in [0.15, 0.2) is 30.5 Å². The molecule has 0 aliphatic heterocycles. The summed E-state index contributed by atoms with van der Waals surface area (Å²) < 4.78 is 25.5. The van der Waals surface area contributed by atoms with Crippen LogP contribution in [0.2, 0.25) is 0 Å². The van der Waals surface area contributed by atoms with Gasteiger partial charge in [0.1, 0.15) is 0 Å². The second-order valence-electron chi connectivity index (χ2n) is 5.64. The van der Waals surface area contributed by atoms with Crippen molar-refractivity contribution in [3.05, 3.63) is 36.0 Å². The van der Waals surface area contributed by atoms with E-state index in [1.807, 2.05) is 18.2 Å². The number of para-hydroxylation sites is 1. The van der Waals surface area contributed by atoms with Gasteiger partial charge in [-0.05, 0) is 11.6 Å². The maximum atomic E-state index is 11.7. The first-order valence-electron chi connectivity index (χ1n) is 7.43. The van der Waals surface area contributed by atoms with E-state index in [1.165, 1.54) is 10.9 Å². The van der Waals surface area contributed by atoms with Crippen molar-refractivity contribution in [3.63, 3.8) is 0 Å². The summed E-state index contributed by atoms with van der Waals surface area (Å²) >= 11 is 0. The number of nitrogens with one attached hydrogen (secondary N) is 1. The lowest BCUT2D eigenvalue weighted by atomic mass is 10.2. The third kappa shape index (κ3) is 4.08. The third-order valence-corrected chi connectivity index (χ3v) is 5.34. The van der Waals surface area contributed by atoms with Crippen LogP contribution in [0.1, 0.15) is 26.3 Å². The molecular formula is C16H24N2O2S. The Morgan fingerprint density at radius 1 is 1.24 bits per heavy atom. The minimum Gasteiger partial charge on any atom is -0.346 e. The molecule has 0 unspecified atom stereocenters. The molecule has 0 fully saturated rings. The fourth-order valence-electron chi connectivity index (χ4n) is 2.34. The molecule has 0 radical (unpaired) electrons. The number of hydrogen-bond acceptors (Lipinski definition) is 3. The molecule has 1 heterocycles. The van der Waals surface area contributed by atoms with Crippen molar-refractivity contribution in [2.45, 2.75) is 39.9 Å². The summed E-state index contributed by atoms with van der Waals surface area (Å²) in [7, 11) is -2.94. The maximum Gasteiger partial charge on any atom is 0.151 e. The first-order valence-corrected chi connectivity index (χ1v) is 9.25. The van der Waals surface area contributed by atoms with Crippen molar-refractivity contribution in [3.8, 4) is 0 Å². The van der Waals surface area contributed by atoms with Crippen molar-refractivity contribution in [1.82, 2.24) is 9.88 Å². The molecule has 0 saturated carbocycles. The largest absolute Gasteiger partial charge is 0.346 e. The van der Waals surface area contributed by atoms with Crippen LogP contribution in [0.25, 0.3) is 10.9 Å². The third-order valence-electron chi connectivity index (χ3n) is 3.65. The predicted molar refractivity (Wildman–Crippen MR) is 88.2 cm³/mol. The van der Waals surface area contributed by atoms with Crippen LogP contribution in [0.5, 0.6) is 0 Å². The number of sulfone groups is 1. The Balaban J connectivity index is 2.27. The summed E-state index contributed by atoms with van der Waals surface area (Å²) in [5, 5.41) is 4.61. The van der Waals surface area contributed by atoms with Crippen molar-refractivity contribution >= 4 is 20.7 Å². The molecular weight excluding hydrogens is 284 g/mol. The molecule has 1 N–H and O–H groups in total. The molecule has 116 valence electrons. The Labute approximate surface area is 127 Å². The standard InChI is InChI=1S/C16H24N2O2S/c1-4-21(19,20)10-9-18-12-14(11-17-13(2)3)15-7-5-6-8-16(15)18/h5-8,12-13,17H,4,9-11H2,1-3H3. The molecule has 1 aromatic carbocycles. The topological polar surface area (TPSA) is 51.1 Å². The van der Waals surface area contributed by atoms with Gasteiger partial charge in [0, 0.05) is 42.0 Å². The fourth-order valence-corrected chi connectivity index (χ4v) is 3.11. The van der Waals surface area contributed by atoms with E-state index in [0.717, 1.165) is 12.1 Å². The summed E-state index contributed by atoms with van der Waals surface area (Å²) in [6, 6.07) is 8.58. The van der Waals surface area contributed by atoms with E-state index >= 15 is 0 Å². The average Bonchev–Trinajstić information content (AvgIpc) is 2.81. The molecule has 0 bridgehead atoms. The van der Waals surface area contributed by atoms with E-state index in [4.69, 9.17) is 0 Å². The molecule has 0 amide bonds. The van der Waals surface area contributed by atoms with Gasteiger partial charge >= 0.3 is 0 Å². The van der Waals surface area contributed by atoms with E-state index in [-0.39, 0.29) is 11.5 Å². The van der Waals surface area contributed by atoms with Crippen molar-refractivity contribution < 1.29 is 8.42 Å². The van der Waals surface area contributed by atoms with Gasteiger partial charge in [-0.25, -0.2) is 8.42 Å². The lowest BCUT2D eigenvalue weighted by molar-refractivity contribution is 0.587. The van der Waals surface area contributed by atoms with Crippen LogP contribution < -0.4 is 5.32 Å². The van der Waals surface area contributed by atoms with Crippen LogP contribution in [-0.2, 0) is 22.9 Å². The lowest BCUT2D eigenvalue weighted by Crippen LogP contribution is -2.21. The molecule has 0 saturated heterocycles. The minimum absolute atomic E-state index is 0.194. The van der Waals surface area contributed by atoms with Gasteiger partial charge in [0.05, 0.1) is 5.75 Å². The van der Waals surface area contributed by atoms with Crippen LogP contribution >= 0.6 is 0 Å². The first kappa shape index (κ1) is 16.0. The molecule has 2 aromatic rings. The van der Waals surface area contributed by atoms with E-state index in [9.17, 15) is 8.42 Å². The van der Waals surface area contributed by atoms with Gasteiger partial charge < -0.3 is 9.88 Å². The predicted octanol–water partition coefficient (Wildman–Crippen LogP) is 2.57. The zero-order valence-electron chi connectivity index (χ0n) is 13.0. The second-order valence-corrected chi connectivity index (χ2v) is 8.11. The van der Waals surface area contributed by atoms with Crippen LogP contribution in [0.3, 0.4) is 0 Å². The summed E-state index contributed by atoms with van der Waals surface area (Å²) in [5.41, 5.74) is 2.32. The Hall–Kier alpha value is -1.33. The minimum atomic E-state index is -2.94. The van der Waals surface area contributed by atoms with E-state index < -0.39 is 9.84 Å². The summed E-state index contributed by atoms with van der Waals surface area (Å²) in [5.74, 6) is 0.396. The zero-order chi connectivity index (χ0) is 15.5. The maximum absolute atomic E-state index is 11.7. The van der Waals surface area contributed by atoms with E-state index in [1.54, 1.807) is 6.92 Å². The van der Waals surface area contributed by atoms with Gasteiger partial charge in [0.2, 0.25) is 0 Å². The van der Waals surface area contributed by atoms with Crippen molar-refractivity contribution in [1.29, 1.82) is 0 Å². The van der Waals surface area contributed by atoms with E-state index in [2.05, 4.69) is 36.0 Å². The molecule has 4 nitrogen and oxygen atoms in total. The van der Waals surface area contributed by atoms with E-state index in [0.29, 0.717) is 12.6 Å².